The van der Waals surface area contributed by atoms with Gasteiger partial charge in [0.1, 0.15) is 5.82 Å². The fourth-order valence-corrected chi connectivity index (χ4v) is 4.54. The zero-order valence-electron chi connectivity index (χ0n) is 15.7. The zero-order valence-corrected chi connectivity index (χ0v) is 16.5. The maximum absolute atomic E-state index is 11.9. The molecule has 0 aliphatic carbocycles. The lowest BCUT2D eigenvalue weighted by molar-refractivity contribution is -0.121. The topological polar surface area (TPSA) is 120 Å². The molecule has 1 saturated heterocycles. The maximum Gasteiger partial charge on any atom is 0.319 e. The predicted molar refractivity (Wildman–Crippen MR) is 105 cm³/mol. The SMILES string of the molecule is CCN(CC)c1ccc(NC(=O)NCCC(=O)N[C@H]2CCS(=O)(=O)C2)cn1. The molecular weight excluding hydrogens is 370 g/mol. The summed E-state index contributed by atoms with van der Waals surface area (Å²) in [6.07, 6.45) is 2.11. The molecule has 0 bridgehead atoms. The number of aromatic nitrogens is 1. The van der Waals surface area contributed by atoms with E-state index in [2.05, 4.69) is 25.8 Å². The van der Waals surface area contributed by atoms with Gasteiger partial charge >= 0.3 is 6.03 Å². The van der Waals surface area contributed by atoms with Crippen molar-refractivity contribution in [2.24, 2.45) is 0 Å². The van der Waals surface area contributed by atoms with Gasteiger partial charge in [-0.1, -0.05) is 0 Å². The Hall–Kier alpha value is -2.36. The van der Waals surface area contributed by atoms with E-state index in [-0.39, 0.29) is 36.4 Å². The summed E-state index contributed by atoms with van der Waals surface area (Å²) >= 11 is 0. The molecule has 1 aliphatic heterocycles. The summed E-state index contributed by atoms with van der Waals surface area (Å²) < 4.78 is 22.7. The van der Waals surface area contributed by atoms with Crippen molar-refractivity contribution in [1.82, 2.24) is 15.6 Å². The molecule has 9 nitrogen and oxygen atoms in total. The number of pyridine rings is 1. The van der Waals surface area contributed by atoms with Crippen LogP contribution in [0.2, 0.25) is 0 Å². The van der Waals surface area contributed by atoms with Gasteiger partial charge in [-0.3, -0.25) is 4.79 Å². The van der Waals surface area contributed by atoms with Crippen molar-refractivity contribution in [3.8, 4) is 0 Å². The van der Waals surface area contributed by atoms with Gasteiger partial charge in [-0.25, -0.2) is 18.2 Å². The van der Waals surface area contributed by atoms with Gasteiger partial charge in [0.25, 0.3) is 0 Å². The van der Waals surface area contributed by atoms with Gasteiger partial charge < -0.3 is 20.9 Å². The molecule has 1 aromatic heterocycles. The Morgan fingerprint density at radius 3 is 2.56 bits per heavy atom. The molecule has 0 unspecified atom stereocenters. The van der Waals surface area contributed by atoms with Gasteiger partial charge in [0.05, 0.1) is 23.4 Å². The molecule has 0 saturated carbocycles. The summed E-state index contributed by atoms with van der Waals surface area (Å²) in [7, 11) is -3.03. The highest BCUT2D eigenvalue weighted by atomic mass is 32.2. The number of amides is 3. The second-order valence-corrected chi connectivity index (χ2v) is 8.60. The largest absolute Gasteiger partial charge is 0.357 e. The molecule has 1 atom stereocenters. The van der Waals surface area contributed by atoms with Crippen molar-refractivity contribution in [2.45, 2.75) is 32.7 Å². The van der Waals surface area contributed by atoms with Crippen molar-refractivity contribution in [1.29, 1.82) is 0 Å². The maximum atomic E-state index is 11.9. The third-order valence-electron chi connectivity index (χ3n) is 4.33. The number of nitrogens with one attached hydrogen (secondary N) is 3. The Balaban J connectivity index is 1.69. The van der Waals surface area contributed by atoms with Gasteiger partial charge in [0.15, 0.2) is 9.84 Å². The Kier molecular flexibility index (Phi) is 7.40. The standard InChI is InChI=1S/C17H27N5O4S/c1-3-22(4-2)15-6-5-13(11-19-15)21-17(24)18-9-7-16(23)20-14-8-10-27(25,26)12-14/h5-6,11,14H,3-4,7-10,12H2,1-2H3,(H,20,23)(H2,18,21,24)/t14-/m0/s1. The van der Waals surface area contributed by atoms with Crippen LogP contribution < -0.4 is 20.9 Å². The molecule has 3 amide bonds. The first kappa shape index (κ1) is 20.9. The molecule has 0 radical (unpaired) electrons. The quantitative estimate of drug-likeness (QED) is 0.595. The number of sulfone groups is 1. The molecule has 3 N–H and O–H groups in total. The summed E-state index contributed by atoms with van der Waals surface area (Å²) in [4.78, 5) is 30.1. The Morgan fingerprint density at radius 1 is 1.26 bits per heavy atom. The average Bonchev–Trinajstić information content (AvgIpc) is 2.95. The number of urea groups is 1. The Labute approximate surface area is 159 Å². The van der Waals surface area contributed by atoms with Crippen LogP contribution in [0.5, 0.6) is 0 Å². The summed E-state index contributed by atoms with van der Waals surface area (Å²) in [5.74, 6) is 0.669. The molecule has 1 aliphatic rings. The van der Waals surface area contributed by atoms with Gasteiger partial charge in [-0.2, -0.15) is 0 Å². The van der Waals surface area contributed by atoms with Crippen molar-refractivity contribution in [2.75, 3.05) is 41.4 Å². The van der Waals surface area contributed by atoms with Crippen LogP contribution >= 0.6 is 0 Å². The molecule has 0 spiro atoms. The normalized spacial score (nSPS) is 17.9. The molecular formula is C17H27N5O4S. The molecule has 10 heteroatoms. The van der Waals surface area contributed by atoms with E-state index in [9.17, 15) is 18.0 Å². The van der Waals surface area contributed by atoms with Crippen molar-refractivity contribution in [3.05, 3.63) is 18.3 Å². The number of nitrogens with zero attached hydrogens (tertiary/aromatic N) is 2. The second kappa shape index (κ2) is 9.54. The molecule has 0 aromatic carbocycles. The lowest BCUT2D eigenvalue weighted by Crippen LogP contribution is -2.38. The van der Waals surface area contributed by atoms with E-state index in [0.29, 0.717) is 12.1 Å². The van der Waals surface area contributed by atoms with E-state index < -0.39 is 15.9 Å². The van der Waals surface area contributed by atoms with Crippen LogP contribution in [0, 0.1) is 0 Å². The summed E-state index contributed by atoms with van der Waals surface area (Å²) in [6, 6.07) is 2.86. The molecule has 1 fully saturated rings. The molecule has 2 rings (SSSR count). The molecule has 27 heavy (non-hydrogen) atoms. The van der Waals surface area contributed by atoms with Gasteiger partial charge in [0.2, 0.25) is 5.91 Å². The monoisotopic (exact) mass is 397 g/mol. The van der Waals surface area contributed by atoms with E-state index >= 15 is 0 Å². The van der Waals surface area contributed by atoms with Crippen LogP contribution in [-0.2, 0) is 14.6 Å². The summed E-state index contributed by atoms with van der Waals surface area (Å²) in [6.45, 7) is 5.96. The Bertz CT molecular complexity index is 747. The van der Waals surface area contributed by atoms with Crippen LogP contribution in [0.15, 0.2) is 18.3 Å². The van der Waals surface area contributed by atoms with Gasteiger partial charge in [-0.15, -0.1) is 0 Å². The van der Waals surface area contributed by atoms with Crippen molar-refractivity contribution < 1.29 is 18.0 Å². The highest BCUT2D eigenvalue weighted by molar-refractivity contribution is 7.91. The highest BCUT2D eigenvalue weighted by Gasteiger charge is 2.28. The third-order valence-corrected chi connectivity index (χ3v) is 6.10. The minimum atomic E-state index is -3.03. The number of carbonyl (C=O) groups excluding carboxylic acids is 2. The number of rotatable bonds is 8. The molecule has 2 heterocycles. The molecule has 1 aromatic rings. The number of hydrogen-bond donors (Lipinski definition) is 3. The summed E-state index contributed by atoms with van der Waals surface area (Å²) in [5.41, 5.74) is 0.559. The fourth-order valence-electron chi connectivity index (χ4n) is 2.87. The van der Waals surface area contributed by atoms with Crippen molar-refractivity contribution in [3.63, 3.8) is 0 Å². The van der Waals surface area contributed by atoms with E-state index in [0.717, 1.165) is 18.9 Å². The van der Waals surface area contributed by atoms with E-state index in [1.165, 1.54) is 0 Å². The van der Waals surface area contributed by atoms with E-state index in [4.69, 9.17) is 0 Å². The first-order valence-corrected chi connectivity index (χ1v) is 10.9. The predicted octanol–water partition coefficient (Wildman–Crippen LogP) is 0.743. The second-order valence-electron chi connectivity index (χ2n) is 6.38. The summed E-state index contributed by atoms with van der Waals surface area (Å²) in [5, 5.41) is 7.94. The number of hydrogen-bond acceptors (Lipinski definition) is 6. The van der Waals surface area contributed by atoms with Gasteiger partial charge in [0, 0.05) is 32.1 Å². The minimum absolute atomic E-state index is 0.0108. The fraction of sp³-hybridized carbons (Fsp3) is 0.588. The highest BCUT2D eigenvalue weighted by Crippen LogP contribution is 2.14. The van der Waals surface area contributed by atoms with Gasteiger partial charge in [-0.05, 0) is 32.4 Å². The van der Waals surface area contributed by atoms with Crippen molar-refractivity contribution >= 4 is 33.3 Å². The van der Waals surface area contributed by atoms with E-state index in [1.807, 2.05) is 19.9 Å². The minimum Gasteiger partial charge on any atom is -0.357 e. The van der Waals surface area contributed by atoms with Crippen LogP contribution in [0.3, 0.4) is 0 Å². The average molecular weight is 398 g/mol. The number of anilines is 2. The number of carbonyl (C=O) groups is 2. The van der Waals surface area contributed by atoms with Crippen LogP contribution in [0.4, 0.5) is 16.3 Å². The van der Waals surface area contributed by atoms with Crippen LogP contribution in [0.25, 0.3) is 0 Å². The van der Waals surface area contributed by atoms with Crippen LogP contribution in [0.1, 0.15) is 26.7 Å². The smallest absolute Gasteiger partial charge is 0.319 e. The first-order valence-electron chi connectivity index (χ1n) is 9.08. The van der Waals surface area contributed by atoms with Crippen LogP contribution in [-0.4, -0.2) is 62.5 Å². The third kappa shape index (κ3) is 6.70. The lowest BCUT2D eigenvalue weighted by atomic mass is 10.2. The zero-order chi connectivity index (χ0) is 19.9. The molecule has 150 valence electrons. The first-order chi connectivity index (χ1) is 12.8. The van der Waals surface area contributed by atoms with E-state index in [1.54, 1.807) is 12.3 Å². The lowest BCUT2D eigenvalue weighted by Gasteiger charge is -2.19. The Morgan fingerprint density at radius 2 is 2.00 bits per heavy atom.